The first-order chi connectivity index (χ1) is 18.3. The first kappa shape index (κ1) is 25.8. The molecule has 8 nitrogen and oxygen atoms in total. The first-order valence-corrected chi connectivity index (χ1v) is 13.3. The summed E-state index contributed by atoms with van der Waals surface area (Å²) in [6.45, 7) is 6.06. The van der Waals surface area contributed by atoms with Gasteiger partial charge in [-0.25, -0.2) is 14.0 Å². The Balaban J connectivity index is 1.30. The van der Waals surface area contributed by atoms with E-state index >= 15 is 4.39 Å². The summed E-state index contributed by atoms with van der Waals surface area (Å²) in [5, 5.41) is 12.5. The van der Waals surface area contributed by atoms with Gasteiger partial charge in [-0.15, -0.1) is 0 Å². The number of rotatable bonds is 7. The molecular formula is C29H33FN4O4. The van der Waals surface area contributed by atoms with Crippen molar-refractivity contribution in [1.29, 1.82) is 0 Å². The number of amides is 2. The van der Waals surface area contributed by atoms with Gasteiger partial charge in [0.1, 0.15) is 11.4 Å². The summed E-state index contributed by atoms with van der Waals surface area (Å²) in [5.41, 5.74) is 1.88. The molecule has 9 heteroatoms. The van der Waals surface area contributed by atoms with Crippen molar-refractivity contribution < 1.29 is 19.1 Å². The van der Waals surface area contributed by atoms with Gasteiger partial charge in [-0.3, -0.25) is 4.79 Å². The Morgan fingerprint density at radius 2 is 1.71 bits per heavy atom. The van der Waals surface area contributed by atoms with Crippen LogP contribution in [0.2, 0.25) is 0 Å². The smallest absolute Gasteiger partial charge is 0.341 e. The lowest BCUT2D eigenvalue weighted by molar-refractivity contribution is 0.0694. The molecule has 2 N–H and O–H groups in total. The Bertz CT molecular complexity index is 1420. The summed E-state index contributed by atoms with van der Waals surface area (Å²) in [4.78, 5) is 40.8. The van der Waals surface area contributed by atoms with Crippen LogP contribution in [-0.4, -0.2) is 52.8 Å². The molecule has 3 aromatic rings. The second kappa shape index (κ2) is 10.5. The number of carboxylic acid groups (broad SMARTS) is 1. The number of nitrogens with zero attached hydrogens (tertiary/aromatic N) is 3. The highest BCUT2D eigenvalue weighted by Gasteiger charge is 2.29. The zero-order valence-corrected chi connectivity index (χ0v) is 21.7. The second-order valence-corrected chi connectivity index (χ2v) is 10.2. The normalized spacial score (nSPS) is 15.8. The van der Waals surface area contributed by atoms with E-state index in [9.17, 15) is 19.5 Å². The van der Waals surface area contributed by atoms with Crippen LogP contribution in [-0.2, 0) is 0 Å². The third-order valence-corrected chi connectivity index (χ3v) is 7.80. The minimum absolute atomic E-state index is 0.0753. The predicted molar refractivity (Wildman–Crippen MR) is 146 cm³/mol. The van der Waals surface area contributed by atoms with Crippen molar-refractivity contribution >= 4 is 34.3 Å². The van der Waals surface area contributed by atoms with Crippen molar-refractivity contribution in [3.05, 3.63) is 69.8 Å². The van der Waals surface area contributed by atoms with Crippen LogP contribution in [0.4, 0.5) is 20.6 Å². The average Bonchev–Trinajstić information content (AvgIpc) is 3.76. The number of carboxylic acids is 1. The van der Waals surface area contributed by atoms with Crippen molar-refractivity contribution in [1.82, 2.24) is 9.47 Å². The quantitative estimate of drug-likeness (QED) is 0.433. The predicted octanol–water partition coefficient (Wildman–Crippen LogP) is 5.43. The number of aromatic nitrogens is 1. The third kappa shape index (κ3) is 4.97. The van der Waals surface area contributed by atoms with Crippen LogP contribution in [0.25, 0.3) is 10.9 Å². The van der Waals surface area contributed by atoms with Crippen LogP contribution in [0.15, 0.2) is 47.4 Å². The highest BCUT2D eigenvalue weighted by atomic mass is 19.1. The fourth-order valence-corrected chi connectivity index (χ4v) is 5.36. The molecule has 1 aromatic heterocycles. The molecule has 1 saturated heterocycles. The number of piperazine rings is 1. The van der Waals surface area contributed by atoms with Gasteiger partial charge >= 0.3 is 12.0 Å². The van der Waals surface area contributed by atoms with Crippen molar-refractivity contribution in [2.45, 2.75) is 51.5 Å². The van der Waals surface area contributed by atoms with Crippen LogP contribution in [0, 0.1) is 5.82 Å². The van der Waals surface area contributed by atoms with Crippen molar-refractivity contribution in [3.63, 3.8) is 0 Å². The van der Waals surface area contributed by atoms with Crippen molar-refractivity contribution in [2.24, 2.45) is 0 Å². The largest absolute Gasteiger partial charge is 0.477 e. The summed E-state index contributed by atoms with van der Waals surface area (Å²) in [7, 11) is 0. The molecule has 1 aliphatic carbocycles. The van der Waals surface area contributed by atoms with E-state index in [-0.39, 0.29) is 23.0 Å². The molecule has 1 aliphatic heterocycles. The lowest BCUT2D eigenvalue weighted by Crippen LogP contribution is -2.50. The number of aromatic carboxylic acids is 1. The maximum absolute atomic E-state index is 15.2. The minimum Gasteiger partial charge on any atom is -0.477 e. The molecule has 0 radical (unpaired) electrons. The molecular weight excluding hydrogens is 487 g/mol. The van der Waals surface area contributed by atoms with Crippen molar-refractivity contribution in [2.75, 3.05) is 36.4 Å². The minimum atomic E-state index is -1.31. The molecule has 0 spiro atoms. The Labute approximate surface area is 220 Å². The maximum Gasteiger partial charge on any atom is 0.341 e. The summed E-state index contributed by atoms with van der Waals surface area (Å²) in [6.07, 6.45) is 5.31. The van der Waals surface area contributed by atoms with E-state index in [0.717, 1.165) is 37.4 Å². The molecule has 5 rings (SSSR count). The molecule has 2 aliphatic rings. The van der Waals surface area contributed by atoms with Gasteiger partial charge in [-0.1, -0.05) is 26.0 Å². The summed E-state index contributed by atoms with van der Waals surface area (Å²) in [6, 6.07) is 10.7. The second-order valence-electron chi connectivity index (χ2n) is 10.2. The summed E-state index contributed by atoms with van der Waals surface area (Å²) >= 11 is 0. The molecule has 1 saturated carbocycles. The number of carbonyl (C=O) groups excluding carboxylic acids is 1. The summed E-state index contributed by atoms with van der Waals surface area (Å²) in [5.74, 6) is -1.37. The molecule has 2 heterocycles. The summed E-state index contributed by atoms with van der Waals surface area (Å²) < 4.78 is 17.0. The Morgan fingerprint density at radius 1 is 1.05 bits per heavy atom. The van der Waals surface area contributed by atoms with Gasteiger partial charge in [0.05, 0.1) is 11.2 Å². The van der Waals surface area contributed by atoms with E-state index in [2.05, 4.69) is 31.3 Å². The molecule has 0 bridgehead atoms. The first-order valence-electron chi connectivity index (χ1n) is 13.3. The topological polar surface area (TPSA) is 94.9 Å². The van der Waals surface area contributed by atoms with Gasteiger partial charge < -0.3 is 24.8 Å². The Hall–Kier alpha value is -3.88. The highest BCUT2D eigenvalue weighted by Crippen LogP contribution is 2.38. The lowest BCUT2D eigenvalue weighted by atomic mass is 9.94. The number of hydrogen-bond donors (Lipinski definition) is 2. The maximum atomic E-state index is 15.2. The zero-order valence-electron chi connectivity index (χ0n) is 21.7. The number of urea groups is 1. The average molecular weight is 521 g/mol. The Morgan fingerprint density at radius 3 is 2.29 bits per heavy atom. The monoisotopic (exact) mass is 520 g/mol. The SMILES string of the molecule is CCC(CC)c1ccc(NC(=O)N2CCN(c3cc4c(cc3F)c(=O)c(C(=O)O)cn4C3CC3)CC2)cc1. The molecule has 200 valence electrons. The molecule has 38 heavy (non-hydrogen) atoms. The van der Waals surface area contributed by atoms with Gasteiger partial charge in [0.25, 0.3) is 0 Å². The number of carbonyl (C=O) groups is 2. The third-order valence-electron chi connectivity index (χ3n) is 7.80. The number of benzene rings is 2. The van der Waals surface area contributed by atoms with Crippen LogP contribution in [0.5, 0.6) is 0 Å². The van der Waals surface area contributed by atoms with Crippen molar-refractivity contribution in [3.8, 4) is 0 Å². The number of nitrogens with one attached hydrogen (secondary N) is 1. The van der Waals surface area contributed by atoms with E-state index in [1.54, 1.807) is 15.5 Å². The zero-order chi connectivity index (χ0) is 27.0. The molecule has 2 aromatic carbocycles. The van der Waals surface area contributed by atoms with E-state index in [1.807, 2.05) is 17.0 Å². The number of anilines is 2. The molecule has 0 atom stereocenters. The van der Waals surface area contributed by atoms with Crippen LogP contribution in [0.1, 0.15) is 67.4 Å². The van der Waals surface area contributed by atoms with Crippen LogP contribution < -0.4 is 15.6 Å². The fourth-order valence-electron chi connectivity index (χ4n) is 5.36. The lowest BCUT2D eigenvalue weighted by Gasteiger charge is -2.36. The van der Waals surface area contributed by atoms with E-state index in [1.165, 1.54) is 11.8 Å². The fraction of sp³-hybridized carbons (Fsp3) is 0.414. The molecule has 2 amide bonds. The van der Waals surface area contributed by atoms with E-state index in [4.69, 9.17) is 0 Å². The van der Waals surface area contributed by atoms with Gasteiger partial charge in [0.2, 0.25) is 5.43 Å². The highest BCUT2D eigenvalue weighted by molar-refractivity contribution is 5.94. The van der Waals surface area contributed by atoms with Gasteiger partial charge in [-0.2, -0.15) is 0 Å². The number of fused-ring (bicyclic) bond motifs is 1. The van der Waals surface area contributed by atoms with E-state index < -0.39 is 17.2 Å². The number of hydrogen-bond acceptors (Lipinski definition) is 4. The Kier molecular flexibility index (Phi) is 7.10. The molecule has 0 unspecified atom stereocenters. The molecule has 2 fully saturated rings. The van der Waals surface area contributed by atoms with Crippen LogP contribution in [0.3, 0.4) is 0 Å². The van der Waals surface area contributed by atoms with Crippen LogP contribution >= 0.6 is 0 Å². The van der Waals surface area contributed by atoms with Gasteiger partial charge in [-0.05, 0) is 61.4 Å². The number of halogens is 1. The van der Waals surface area contributed by atoms with Gasteiger partial charge in [0, 0.05) is 49.5 Å². The number of pyridine rings is 1. The van der Waals surface area contributed by atoms with E-state index in [0.29, 0.717) is 43.3 Å². The van der Waals surface area contributed by atoms with Gasteiger partial charge in [0.15, 0.2) is 0 Å². The standard InChI is InChI=1S/C29H33FN4O4/c1-3-18(4-2)19-5-7-20(8-6-19)31-29(38)33-13-11-32(12-14-33)26-16-25-22(15-24(26)30)27(35)23(28(36)37)17-34(25)21-9-10-21/h5-8,15-18,21H,3-4,9-14H2,1-2H3,(H,31,38)(H,36,37).